The predicted molar refractivity (Wildman–Crippen MR) is 66.2 cm³/mol. The molecule has 0 aromatic heterocycles. The molecule has 6 heteroatoms. The molecule has 0 spiro atoms. The van der Waals surface area contributed by atoms with Crippen LogP contribution in [-0.4, -0.2) is 71.7 Å². The monoisotopic (exact) mass is 268 g/mol. The first-order chi connectivity index (χ1) is 9.16. The first kappa shape index (κ1) is 12.9. The fraction of sp³-hybridized carbons (Fsp3) is 0.846. The molecule has 19 heavy (non-hydrogen) atoms. The van der Waals surface area contributed by atoms with E-state index in [0.29, 0.717) is 19.8 Å². The van der Waals surface area contributed by atoms with E-state index in [2.05, 4.69) is 0 Å². The van der Waals surface area contributed by atoms with Crippen molar-refractivity contribution in [2.75, 3.05) is 32.8 Å². The van der Waals surface area contributed by atoms with Gasteiger partial charge in [-0.1, -0.05) is 0 Å². The lowest BCUT2D eigenvalue weighted by Gasteiger charge is -2.37. The second kappa shape index (κ2) is 5.09. The highest BCUT2D eigenvalue weighted by atomic mass is 16.5. The molecule has 0 aliphatic carbocycles. The van der Waals surface area contributed by atoms with Crippen molar-refractivity contribution in [2.45, 2.75) is 31.4 Å². The quantitative estimate of drug-likeness (QED) is 0.729. The molecular formula is C13H20N2O4. The average Bonchev–Trinajstić information content (AvgIpc) is 3.05. The average molecular weight is 268 g/mol. The molecule has 3 atom stereocenters. The van der Waals surface area contributed by atoms with E-state index in [1.807, 2.05) is 0 Å². The Bertz CT molecular complexity index is 381. The maximum absolute atomic E-state index is 12.3. The minimum atomic E-state index is -0.591. The van der Waals surface area contributed by atoms with Crippen LogP contribution in [0, 0.1) is 5.92 Å². The molecule has 0 aromatic carbocycles. The predicted octanol–water partition coefficient (Wildman–Crippen LogP) is -0.783. The van der Waals surface area contributed by atoms with Gasteiger partial charge in [0.05, 0.1) is 19.3 Å². The zero-order chi connectivity index (χ0) is 13.4. The van der Waals surface area contributed by atoms with Crippen molar-refractivity contribution in [2.24, 2.45) is 5.92 Å². The zero-order valence-electron chi connectivity index (χ0n) is 11.0. The summed E-state index contributed by atoms with van der Waals surface area (Å²) in [6.07, 6.45) is 1.89. The topological polar surface area (TPSA) is 70.1 Å². The van der Waals surface area contributed by atoms with Crippen LogP contribution >= 0.6 is 0 Å². The van der Waals surface area contributed by atoms with E-state index in [-0.39, 0.29) is 36.9 Å². The molecule has 1 N–H and O–H groups in total. The van der Waals surface area contributed by atoms with Crippen LogP contribution in [0.3, 0.4) is 0 Å². The van der Waals surface area contributed by atoms with E-state index in [0.717, 1.165) is 19.3 Å². The van der Waals surface area contributed by atoms with Crippen molar-refractivity contribution >= 4 is 11.8 Å². The minimum Gasteiger partial charge on any atom is -0.391 e. The van der Waals surface area contributed by atoms with Crippen LogP contribution in [0.2, 0.25) is 0 Å². The van der Waals surface area contributed by atoms with E-state index < -0.39 is 6.10 Å². The Morgan fingerprint density at radius 2 is 2.21 bits per heavy atom. The lowest BCUT2D eigenvalue weighted by molar-refractivity contribution is -0.155. The van der Waals surface area contributed by atoms with Crippen LogP contribution in [0.15, 0.2) is 0 Å². The molecule has 0 radical (unpaired) electrons. The van der Waals surface area contributed by atoms with Crippen molar-refractivity contribution in [3.8, 4) is 0 Å². The van der Waals surface area contributed by atoms with Crippen LogP contribution in [0.1, 0.15) is 19.3 Å². The standard InChI is InChI=1S/C13H20N2O4/c16-11(9-3-5-19-8-9)6-14-7-12(17)15-4-1-2-10(15)13(14)18/h9-11,16H,1-8H2. The number of carbonyl (C=O) groups excluding carboxylic acids is 2. The van der Waals surface area contributed by atoms with Gasteiger partial charge < -0.3 is 19.6 Å². The number of ether oxygens (including phenoxy) is 1. The molecule has 2 amide bonds. The highest BCUT2D eigenvalue weighted by molar-refractivity contribution is 5.95. The third-order valence-corrected chi connectivity index (χ3v) is 4.41. The summed E-state index contributed by atoms with van der Waals surface area (Å²) in [7, 11) is 0. The van der Waals surface area contributed by atoms with Gasteiger partial charge in [-0.05, 0) is 19.3 Å². The smallest absolute Gasteiger partial charge is 0.245 e. The normalized spacial score (nSPS) is 32.9. The Hall–Kier alpha value is -1.14. The highest BCUT2D eigenvalue weighted by Crippen LogP contribution is 2.25. The third-order valence-electron chi connectivity index (χ3n) is 4.41. The van der Waals surface area contributed by atoms with Gasteiger partial charge in [0.1, 0.15) is 6.04 Å². The van der Waals surface area contributed by atoms with Gasteiger partial charge >= 0.3 is 0 Å². The molecule has 0 bridgehead atoms. The molecule has 3 unspecified atom stereocenters. The van der Waals surface area contributed by atoms with E-state index in [9.17, 15) is 14.7 Å². The van der Waals surface area contributed by atoms with E-state index in [1.54, 1.807) is 4.90 Å². The van der Waals surface area contributed by atoms with Crippen LogP contribution in [0.5, 0.6) is 0 Å². The molecule has 3 saturated heterocycles. The number of rotatable bonds is 3. The maximum Gasteiger partial charge on any atom is 0.245 e. The number of aliphatic hydroxyl groups excluding tert-OH is 1. The second-order valence-electron chi connectivity index (χ2n) is 5.65. The Morgan fingerprint density at radius 1 is 1.37 bits per heavy atom. The van der Waals surface area contributed by atoms with Crippen molar-refractivity contribution in [3.05, 3.63) is 0 Å². The number of β-amino-alcohol motifs (C(OH)–C–C–N with tert-alkyl or cyclic N) is 1. The summed E-state index contributed by atoms with van der Waals surface area (Å²) >= 11 is 0. The summed E-state index contributed by atoms with van der Waals surface area (Å²) in [4.78, 5) is 27.5. The van der Waals surface area contributed by atoms with Gasteiger partial charge in [0, 0.05) is 25.6 Å². The van der Waals surface area contributed by atoms with Crippen LogP contribution in [0.25, 0.3) is 0 Å². The van der Waals surface area contributed by atoms with Crippen molar-refractivity contribution < 1.29 is 19.4 Å². The number of carbonyl (C=O) groups is 2. The molecule has 6 nitrogen and oxygen atoms in total. The molecular weight excluding hydrogens is 248 g/mol. The van der Waals surface area contributed by atoms with Gasteiger partial charge in [0.2, 0.25) is 11.8 Å². The lowest BCUT2D eigenvalue weighted by atomic mass is 10.0. The summed E-state index contributed by atoms with van der Waals surface area (Å²) < 4.78 is 5.25. The van der Waals surface area contributed by atoms with Crippen molar-refractivity contribution in [1.29, 1.82) is 0 Å². The third kappa shape index (κ3) is 2.34. The lowest BCUT2D eigenvalue weighted by Crippen LogP contribution is -2.59. The SMILES string of the molecule is O=C1C2CCCN2C(=O)CN1CC(O)C1CCOC1. The summed E-state index contributed by atoms with van der Waals surface area (Å²) in [6.45, 7) is 2.28. The van der Waals surface area contributed by atoms with Gasteiger partial charge in [-0.15, -0.1) is 0 Å². The summed E-state index contributed by atoms with van der Waals surface area (Å²) in [6, 6.07) is -0.284. The molecule has 0 aromatic rings. The molecule has 3 fully saturated rings. The number of aliphatic hydroxyl groups is 1. The second-order valence-corrected chi connectivity index (χ2v) is 5.65. The van der Waals surface area contributed by atoms with Crippen LogP contribution < -0.4 is 0 Å². The summed E-state index contributed by atoms with van der Waals surface area (Å²) in [5.74, 6) is 0.0940. The van der Waals surface area contributed by atoms with Gasteiger partial charge in [-0.3, -0.25) is 9.59 Å². The Morgan fingerprint density at radius 3 is 2.95 bits per heavy atom. The Kier molecular flexibility index (Phi) is 3.45. The minimum absolute atomic E-state index is 0.00457. The first-order valence-electron chi connectivity index (χ1n) is 7.01. The molecule has 3 rings (SSSR count). The fourth-order valence-electron chi connectivity index (χ4n) is 3.25. The van der Waals surface area contributed by atoms with Crippen LogP contribution in [0.4, 0.5) is 0 Å². The number of fused-ring (bicyclic) bond motifs is 1. The first-order valence-corrected chi connectivity index (χ1v) is 7.01. The van der Waals surface area contributed by atoms with Gasteiger partial charge in [-0.25, -0.2) is 0 Å². The number of piperazine rings is 1. The van der Waals surface area contributed by atoms with E-state index >= 15 is 0 Å². The van der Waals surface area contributed by atoms with Crippen molar-refractivity contribution in [1.82, 2.24) is 9.80 Å². The van der Waals surface area contributed by atoms with Crippen molar-refractivity contribution in [3.63, 3.8) is 0 Å². The molecule has 3 aliphatic heterocycles. The highest BCUT2D eigenvalue weighted by Gasteiger charge is 2.42. The van der Waals surface area contributed by atoms with E-state index in [4.69, 9.17) is 4.74 Å². The maximum atomic E-state index is 12.3. The molecule has 106 valence electrons. The molecule has 3 heterocycles. The summed E-state index contributed by atoms with van der Waals surface area (Å²) in [5, 5.41) is 10.1. The number of hydrogen-bond donors (Lipinski definition) is 1. The molecule has 0 saturated carbocycles. The van der Waals surface area contributed by atoms with Gasteiger partial charge in [0.15, 0.2) is 0 Å². The number of hydrogen-bond acceptors (Lipinski definition) is 4. The fourth-order valence-corrected chi connectivity index (χ4v) is 3.25. The van der Waals surface area contributed by atoms with Gasteiger partial charge in [0.25, 0.3) is 0 Å². The largest absolute Gasteiger partial charge is 0.391 e. The Balaban J connectivity index is 1.64. The van der Waals surface area contributed by atoms with Crippen LogP contribution in [-0.2, 0) is 14.3 Å². The zero-order valence-corrected chi connectivity index (χ0v) is 11.0. The Labute approximate surface area is 112 Å². The number of nitrogens with zero attached hydrogens (tertiary/aromatic N) is 2. The number of amides is 2. The molecule has 3 aliphatic rings. The van der Waals surface area contributed by atoms with Gasteiger partial charge in [-0.2, -0.15) is 0 Å². The van der Waals surface area contributed by atoms with E-state index in [1.165, 1.54) is 4.90 Å². The summed E-state index contributed by atoms with van der Waals surface area (Å²) in [5.41, 5.74) is 0.